The van der Waals surface area contributed by atoms with E-state index in [0.29, 0.717) is 5.92 Å². The summed E-state index contributed by atoms with van der Waals surface area (Å²) < 4.78 is 5.21. The van der Waals surface area contributed by atoms with E-state index in [-0.39, 0.29) is 5.91 Å². The number of carbonyl (C=O) groups excluding carboxylic acids is 1. The van der Waals surface area contributed by atoms with Gasteiger partial charge in [-0.15, -0.1) is 0 Å². The van der Waals surface area contributed by atoms with Gasteiger partial charge in [-0.3, -0.25) is 9.78 Å². The Hall–Kier alpha value is -2.36. The van der Waals surface area contributed by atoms with Gasteiger partial charge in [0.1, 0.15) is 5.75 Å². The Morgan fingerprint density at radius 1 is 1.21 bits per heavy atom. The summed E-state index contributed by atoms with van der Waals surface area (Å²) in [6.07, 6.45) is 5.11. The van der Waals surface area contributed by atoms with Crippen LogP contribution in [-0.4, -0.2) is 36.0 Å². The van der Waals surface area contributed by atoms with E-state index in [0.717, 1.165) is 49.4 Å². The molecule has 3 rings (SSSR count). The van der Waals surface area contributed by atoms with Gasteiger partial charge in [-0.25, -0.2) is 0 Å². The summed E-state index contributed by atoms with van der Waals surface area (Å²) in [4.78, 5) is 17.9. The van der Waals surface area contributed by atoms with Crippen molar-refractivity contribution >= 4 is 5.91 Å². The Labute approximate surface area is 143 Å². The lowest BCUT2D eigenvalue weighted by atomic mass is 9.90. The number of hydrogen-bond acceptors (Lipinski definition) is 3. The molecule has 1 aromatic heterocycles. The van der Waals surface area contributed by atoms with Crippen LogP contribution in [0.15, 0.2) is 42.6 Å². The number of ether oxygens (including phenoxy) is 1. The first kappa shape index (κ1) is 16.5. The van der Waals surface area contributed by atoms with Gasteiger partial charge in [0.05, 0.1) is 12.8 Å². The lowest BCUT2D eigenvalue weighted by Crippen LogP contribution is -2.37. The lowest BCUT2D eigenvalue weighted by molar-refractivity contribution is -0.130. The van der Waals surface area contributed by atoms with E-state index < -0.39 is 0 Å². The molecule has 1 amide bonds. The predicted molar refractivity (Wildman–Crippen MR) is 94.9 cm³/mol. The number of carbonyl (C=O) groups is 1. The fraction of sp³-hybridized carbons (Fsp3) is 0.400. The number of piperidine rings is 1. The fourth-order valence-electron chi connectivity index (χ4n) is 3.31. The van der Waals surface area contributed by atoms with Crippen LogP contribution in [0, 0.1) is 5.92 Å². The first-order valence-corrected chi connectivity index (χ1v) is 8.50. The molecule has 0 radical (unpaired) electrons. The first-order valence-electron chi connectivity index (χ1n) is 8.50. The topological polar surface area (TPSA) is 42.4 Å². The molecule has 1 aliphatic rings. The van der Waals surface area contributed by atoms with E-state index in [2.05, 4.69) is 17.1 Å². The summed E-state index contributed by atoms with van der Waals surface area (Å²) in [5.41, 5.74) is 3.41. The van der Waals surface area contributed by atoms with Gasteiger partial charge in [0.25, 0.3) is 0 Å². The molecule has 4 nitrogen and oxygen atoms in total. The summed E-state index contributed by atoms with van der Waals surface area (Å²) in [7, 11) is 1.67. The fourth-order valence-corrected chi connectivity index (χ4v) is 3.31. The Balaban J connectivity index is 1.66. The molecule has 0 aliphatic carbocycles. The van der Waals surface area contributed by atoms with Crippen molar-refractivity contribution in [1.82, 2.24) is 9.88 Å². The van der Waals surface area contributed by atoms with Crippen LogP contribution in [0.25, 0.3) is 11.3 Å². The predicted octanol–water partition coefficient (Wildman–Crippen LogP) is 3.56. The number of benzene rings is 1. The quantitative estimate of drug-likeness (QED) is 0.863. The van der Waals surface area contributed by atoms with Crippen molar-refractivity contribution in [2.24, 2.45) is 5.92 Å². The number of likely N-dealkylation sites (tertiary alicyclic amines) is 1. The van der Waals surface area contributed by atoms with E-state index in [1.807, 2.05) is 35.4 Å². The Bertz CT molecular complexity index is 689. The number of rotatable bonds is 4. The van der Waals surface area contributed by atoms with E-state index in [1.54, 1.807) is 14.0 Å². The van der Waals surface area contributed by atoms with E-state index in [9.17, 15) is 4.79 Å². The summed E-state index contributed by atoms with van der Waals surface area (Å²) in [5, 5.41) is 0. The third-order valence-corrected chi connectivity index (χ3v) is 4.79. The molecule has 1 aliphatic heterocycles. The molecule has 24 heavy (non-hydrogen) atoms. The SMILES string of the molecule is COc1ccc(-c2cc(CC3CCN(C(C)=O)CC3)ccn2)cc1. The van der Waals surface area contributed by atoms with Gasteiger partial charge in [0.2, 0.25) is 5.91 Å². The zero-order valence-corrected chi connectivity index (χ0v) is 14.4. The Kier molecular flexibility index (Phi) is 5.14. The largest absolute Gasteiger partial charge is 0.497 e. The zero-order chi connectivity index (χ0) is 16.9. The Morgan fingerprint density at radius 2 is 1.92 bits per heavy atom. The van der Waals surface area contributed by atoms with Crippen LogP contribution in [-0.2, 0) is 11.2 Å². The molecule has 1 saturated heterocycles. The highest BCUT2D eigenvalue weighted by Crippen LogP contribution is 2.25. The molecule has 0 spiro atoms. The molecular formula is C20H24N2O2. The average Bonchev–Trinajstić information content (AvgIpc) is 2.62. The van der Waals surface area contributed by atoms with Crippen molar-refractivity contribution in [3.05, 3.63) is 48.2 Å². The highest BCUT2D eigenvalue weighted by atomic mass is 16.5. The third kappa shape index (κ3) is 3.94. The van der Waals surface area contributed by atoms with Crippen LogP contribution in [0.5, 0.6) is 5.75 Å². The average molecular weight is 324 g/mol. The summed E-state index contributed by atoms with van der Waals surface area (Å²) in [5.74, 6) is 1.69. The van der Waals surface area contributed by atoms with Crippen molar-refractivity contribution in [3.8, 4) is 17.0 Å². The lowest BCUT2D eigenvalue weighted by Gasteiger charge is -2.31. The zero-order valence-electron chi connectivity index (χ0n) is 14.4. The van der Waals surface area contributed by atoms with Crippen molar-refractivity contribution in [1.29, 1.82) is 0 Å². The molecular weight excluding hydrogens is 300 g/mol. The number of methoxy groups -OCH3 is 1. The van der Waals surface area contributed by atoms with E-state index in [4.69, 9.17) is 4.74 Å². The van der Waals surface area contributed by atoms with Crippen molar-refractivity contribution in [2.45, 2.75) is 26.2 Å². The minimum atomic E-state index is 0.194. The summed E-state index contributed by atoms with van der Waals surface area (Å²) in [6, 6.07) is 12.3. The molecule has 0 saturated carbocycles. The van der Waals surface area contributed by atoms with Crippen LogP contribution in [0.2, 0.25) is 0 Å². The van der Waals surface area contributed by atoms with Crippen molar-refractivity contribution in [3.63, 3.8) is 0 Å². The number of nitrogens with zero attached hydrogens (tertiary/aromatic N) is 2. The molecule has 4 heteroatoms. The standard InChI is InChI=1S/C20H24N2O2/c1-15(23)22-11-8-16(9-12-22)13-17-7-10-21-20(14-17)18-3-5-19(24-2)6-4-18/h3-7,10,14,16H,8-9,11-13H2,1-2H3. The van der Waals surface area contributed by atoms with Gasteiger partial charge in [-0.05, 0) is 67.1 Å². The maximum absolute atomic E-state index is 11.4. The highest BCUT2D eigenvalue weighted by Gasteiger charge is 2.20. The first-order chi connectivity index (χ1) is 11.7. The van der Waals surface area contributed by atoms with Crippen LogP contribution in [0.1, 0.15) is 25.3 Å². The molecule has 0 bridgehead atoms. The smallest absolute Gasteiger partial charge is 0.219 e. The maximum Gasteiger partial charge on any atom is 0.219 e. The molecule has 0 atom stereocenters. The minimum Gasteiger partial charge on any atom is -0.497 e. The van der Waals surface area contributed by atoms with Gasteiger partial charge < -0.3 is 9.64 Å². The molecule has 0 N–H and O–H groups in total. The number of pyridine rings is 1. The number of hydrogen-bond donors (Lipinski definition) is 0. The summed E-state index contributed by atoms with van der Waals surface area (Å²) >= 11 is 0. The highest BCUT2D eigenvalue weighted by molar-refractivity contribution is 5.73. The van der Waals surface area contributed by atoms with E-state index >= 15 is 0 Å². The second-order valence-electron chi connectivity index (χ2n) is 6.43. The molecule has 2 heterocycles. The van der Waals surface area contributed by atoms with Crippen LogP contribution < -0.4 is 4.74 Å². The third-order valence-electron chi connectivity index (χ3n) is 4.79. The molecule has 0 unspecified atom stereocenters. The Morgan fingerprint density at radius 3 is 2.54 bits per heavy atom. The maximum atomic E-state index is 11.4. The van der Waals surface area contributed by atoms with Crippen LogP contribution in [0.3, 0.4) is 0 Å². The second-order valence-corrected chi connectivity index (χ2v) is 6.43. The normalized spacial score (nSPS) is 15.3. The van der Waals surface area contributed by atoms with Gasteiger partial charge in [-0.2, -0.15) is 0 Å². The summed E-state index contributed by atoms with van der Waals surface area (Å²) in [6.45, 7) is 3.43. The van der Waals surface area contributed by atoms with Gasteiger partial charge in [0, 0.05) is 31.8 Å². The van der Waals surface area contributed by atoms with Crippen molar-refractivity contribution < 1.29 is 9.53 Å². The monoisotopic (exact) mass is 324 g/mol. The van der Waals surface area contributed by atoms with Crippen LogP contribution >= 0.6 is 0 Å². The van der Waals surface area contributed by atoms with Crippen LogP contribution in [0.4, 0.5) is 0 Å². The van der Waals surface area contributed by atoms with Gasteiger partial charge >= 0.3 is 0 Å². The van der Waals surface area contributed by atoms with E-state index in [1.165, 1.54) is 5.56 Å². The van der Waals surface area contributed by atoms with Gasteiger partial charge in [0.15, 0.2) is 0 Å². The molecule has 1 aromatic carbocycles. The number of aromatic nitrogens is 1. The van der Waals surface area contributed by atoms with Crippen molar-refractivity contribution in [2.75, 3.05) is 20.2 Å². The minimum absolute atomic E-state index is 0.194. The van der Waals surface area contributed by atoms with Gasteiger partial charge in [-0.1, -0.05) is 0 Å². The molecule has 1 fully saturated rings. The molecule has 126 valence electrons. The number of amides is 1. The molecule has 2 aromatic rings. The second kappa shape index (κ2) is 7.47.